The highest BCUT2D eigenvalue weighted by atomic mass is 79.9. The Balaban J connectivity index is 1.96. The molecule has 0 bridgehead atoms. The maximum atomic E-state index is 12.0. The molecule has 0 spiro atoms. The summed E-state index contributed by atoms with van der Waals surface area (Å²) in [5.41, 5.74) is 5.48. The van der Waals surface area contributed by atoms with Crippen LogP contribution in [0.2, 0.25) is 0 Å². The summed E-state index contributed by atoms with van der Waals surface area (Å²) in [5.74, 6) is 0.711. The summed E-state index contributed by atoms with van der Waals surface area (Å²) in [6.07, 6.45) is 1.59. The number of aryl methyl sites for hydroxylation is 1. The zero-order valence-corrected chi connectivity index (χ0v) is 17.5. The highest BCUT2D eigenvalue weighted by molar-refractivity contribution is 9.10. The number of hydrazone groups is 1. The molecule has 0 atom stereocenters. The van der Waals surface area contributed by atoms with Crippen molar-refractivity contribution in [2.24, 2.45) is 5.10 Å². The maximum Gasteiger partial charge on any atom is 0.277 e. The fourth-order valence-corrected chi connectivity index (χ4v) is 2.92. The van der Waals surface area contributed by atoms with Crippen LogP contribution in [-0.2, 0) is 4.79 Å². The molecule has 4 nitrogen and oxygen atoms in total. The number of ether oxygens (including phenoxy) is 1. The van der Waals surface area contributed by atoms with E-state index in [1.165, 1.54) is 0 Å². The van der Waals surface area contributed by atoms with Crippen molar-refractivity contribution in [3.05, 3.63) is 62.0 Å². The number of hydrogen-bond acceptors (Lipinski definition) is 3. The third-order valence-electron chi connectivity index (χ3n) is 3.57. The van der Waals surface area contributed by atoms with Crippen molar-refractivity contribution < 1.29 is 9.53 Å². The van der Waals surface area contributed by atoms with E-state index >= 15 is 0 Å². The van der Waals surface area contributed by atoms with Crippen LogP contribution in [-0.4, -0.2) is 18.7 Å². The first kappa shape index (κ1) is 19.7. The molecule has 0 aromatic heterocycles. The lowest BCUT2D eigenvalue weighted by Crippen LogP contribution is -2.25. The van der Waals surface area contributed by atoms with Crippen molar-refractivity contribution in [2.45, 2.75) is 26.7 Å². The summed E-state index contributed by atoms with van der Waals surface area (Å²) in [5, 5.41) is 3.96. The Morgan fingerprint density at radius 3 is 2.64 bits per heavy atom. The molecule has 0 unspecified atom stereocenters. The van der Waals surface area contributed by atoms with Gasteiger partial charge in [-0.05, 0) is 42.2 Å². The number of hydrogen-bond donors (Lipinski definition) is 1. The molecule has 1 amide bonds. The Morgan fingerprint density at radius 1 is 1.24 bits per heavy atom. The minimum absolute atomic E-state index is 0.0892. The number of amides is 1. The molecular formula is C19H20Br2N2O2. The van der Waals surface area contributed by atoms with Gasteiger partial charge in [-0.25, -0.2) is 5.43 Å². The first-order valence-electron chi connectivity index (χ1n) is 7.87. The van der Waals surface area contributed by atoms with Gasteiger partial charge in [0, 0.05) is 14.5 Å². The maximum absolute atomic E-state index is 12.0. The zero-order valence-electron chi connectivity index (χ0n) is 14.3. The number of benzene rings is 2. The van der Waals surface area contributed by atoms with Gasteiger partial charge in [-0.1, -0.05) is 63.9 Å². The predicted molar refractivity (Wildman–Crippen MR) is 108 cm³/mol. The Kier molecular flexibility index (Phi) is 7.20. The number of halogens is 2. The first-order chi connectivity index (χ1) is 11.9. The number of carbonyl (C=O) groups excluding carboxylic acids is 1. The molecule has 0 saturated carbocycles. The van der Waals surface area contributed by atoms with Crippen LogP contribution in [0.3, 0.4) is 0 Å². The van der Waals surface area contributed by atoms with Gasteiger partial charge in [0.15, 0.2) is 6.61 Å². The molecule has 25 heavy (non-hydrogen) atoms. The summed E-state index contributed by atoms with van der Waals surface area (Å²) in [7, 11) is 0. The van der Waals surface area contributed by atoms with Crippen LogP contribution in [0.1, 0.15) is 36.5 Å². The van der Waals surface area contributed by atoms with Crippen molar-refractivity contribution in [1.29, 1.82) is 0 Å². The smallest absolute Gasteiger partial charge is 0.277 e. The molecule has 0 heterocycles. The normalized spacial score (nSPS) is 11.1. The molecule has 6 heteroatoms. The second-order valence-corrected chi connectivity index (χ2v) is 7.61. The average Bonchev–Trinajstić information content (AvgIpc) is 2.57. The largest absolute Gasteiger partial charge is 0.483 e. The molecule has 132 valence electrons. The van der Waals surface area contributed by atoms with Gasteiger partial charge < -0.3 is 4.74 Å². The fourth-order valence-electron chi connectivity index (χ4n) is 2.18. The van der Waals surface area contributed by atoms with Gasteiger partial charge in [0.05, 0.1) is 6.21 Å². The Hall–Kier alpha value is -1.66. The van der Waals surface area contributed by atoms with Crippen molar-refractivity contribution >= 4 is 44.0 Å². The minimum Gasteiger partial charge on any atom is -0.483 e. The zero-order chi connectivity index (χ0) is 18.4. The van der Waals surface area contributed by atoms with Crippen molar-refractivity contribution in [3.8, 4) is 5.75 Å². The van der Waals surface area contributed by atoms with E-state index in [1.54, 1.807) is 6.21 Å². The summed E-state index contributed by atoms with van der Waals surface area (Å²) < 4.78 is 7.65. The van der Waals surface area contributed by atoms with E-state index in [0.717, 1.165) is 31.4 Å². The Morgan fingerprint density at radius 2 is 1.96 bits per heavy atom. The minimum atomic E-state index is -0.307. The average molecular weight is 468 g/mol. The van der Waals surface area contributed by atoms with Gasteiger partial charge in [-0.2, -0.15) is 5.10 Å². The van der Waals surface area contributed by atoms with E-state index in [4.69, 9.17) is 4.74 Å². The van der Waals surface area contributed by atoms with Gasteiger partial charge in [-0.15, -0.1) is 0 Å². The highest BCUT2D eigenvalue weighted by Gasteiger charge is 2.12. The van der Waals surface area contributed by atoms with E-state index in [-0.39, 0.29) is 12.5 Å². The van der Waals surface area contributed by atoms with Crippen LogP contribution in [0.15, 0.2) is 50.4 Å². The number of nitrogens with one attached hydrogen (secondary N) is 1. The summed E-state index contributed by atoms with van der Waals surface area (Å²) in [6, 6.07) is 11.6. The molecular weight excluding hydrogens is 448 g/mol. The SMILES string of the molecule is Cc1cc(OCC(=O)N/N=C/c2ccccc2Br)c(C(C)C)cc1Br. The van der Waals surface area contributed by atoms with E-state index in [9.17, 15) is 4.79 Å². The lowest BCUT2D eigenvalue weighted by molar-refractivity contribution is -0.123. The van der Waals surface area contributed by atoms with Gasteiger partial charge in [-0.3, -0.25) is 4.79 Å². The molecule has 2 rings (SSSR count). The van der Waals surface area contributed by atoms with Gasteiger partial charge in [0.2, 0.25) is 0 Å². The summed E-state index contributed by atoms with van der Waals surface area (Å²) in [6.45, 7) is 6.08. The molecule has 0 aliphatic carbocycles. The van der Waals surface area contributed by atoms with Crippen LogP contribution in [0.4, 0.5) is 0 Å². The quantitative estimate of drug-likeness (QED) is 0.470. The lowest BCUT2D eigenvalue weighted by Gasteiger charge is -2.15. The van der Waals surface area contributed by atoms with E-state index in [0.29, 0.717) is 5.92 Å². The van der Waals surface area contributed by atoms with Gasteiger partial charge in [0.1, 0.15) is 5.75 Å². The van der Waals surface area contributed by atoms with Crippen molar-refractivity contribution in [2.75, 3.05) is 6.61 Å². The monoisotopic (exact) mass is 466 g/mol. The van der Waals surface area contributed by atoms with Crippen LogP contribution < -0.4 is 10.2 Å². The molecule has 1 N–H and O–H groups in total. The predicted octanol–water partition coefficient (Wildman–Crippen LogP) is 5.17. The second-order valence-electron chi connectivity index (χ2n) is 5.90. The molecule has 2 aromatic rings. The first-order valence-corrected chi connectivity index (χ1v) is 9.46. The number of carbonyl (C=O) groups is 1. The standard InChI is InChI=1S/C19H20Br2N2O2/c1-12(2)15-9-17(21)13(3)8-18(15)25-11-19(24)23-22-10-14-6-4-5-7-16(14)20/h4-10,12H,11H2,1-3H3,(H,23,24)/b22-10+. The molecule has 0 radical (unpaired) electrons. The summed E-state index contributed by atoms with van der Waals surface area (Å²) in [4.78, 5) is 12.0. The highest BCUT2D eigenvalue weighted by Crippen LogP contribution is 2.32. The van der Waals surface area contributed by atoms with Gasteiger partial charge in [0.25, 0.3) is 5.91 Å². The third kappa shape index (κ3) is 5.68. The van der Waals surface area contributed by atoms with Crippen LogP contribution in [0, 0.1) is 6.92 Å². The Labute approximate surface area is 164 Å². The number of rotatable bonds is 6. The molecule has 0 aliphatic rings. The number of nitrogens with zero attached hydrogens (tertiary/aromatic N) is 1. The lowest BCUT2D eigenvalue weighted by atomic mass is 10.0. The fraction of sp³-hybridized carbons (Fsp3) is 0.263. The van der Waals surface area contributed by atoms with Gasteiger partial charge >= 0.3 is 0 Å². The second kappa shape index (κ2) is 9.15. The van der Waals surface area contributed by atoms with E-state index in [1.807, 2.05) is 43.3 Å². The van der Waals surface area contributed by atoms with Crippen LogP contribution in [0.5, 0.6) is 5.75 Å². The molecule has 0 saturated heterocycles. The third-order valence-corrected chi connectivity index (χ3v) is 5.15. The van der Waals surface area contributed by atoms with E-state index in [2.05, 4.69) is 56.2 Å². The molecule has 0 fully saturated rings. The van der Waals surface area contributed by atoms with Crippen molar-refractivity contribution in [1.82, 2.24) is 5.43 Å². The van der Waals surface area contributed by atoms with Crippen molar-refractivity contribution in [3.63, 3.8) is 0 Å². The van der Waals surface area contributed by atoms with E-state index < -0.39 is 0 Å². The molecule has 2 aromatic carbocycles. The van der Waals surface area contributed by atoms with Crippen LogP contribution in [0.25, 0.3) is 0 Å². The van der Waals surface area contributed by atoms with Crippen LogP contribution >= 0.6 is 31.9 Å². The Bertz CT molecular complexity index is 789. The molecule has 0 aliphatic heterocycles. The summed E-state index contributed by atoms with van der Waals surface area (Å²) >= 11 is 6.96. The topological polar surface area (TPSA) is 50.7 Å².